The molecular formula is C15H13IN2S. The molecule has 96 valence electrons. The molecule has 1 atom stereocenters. The minimum absolute atomic E-state index is 0.0217. The Morgan fingerprint density at radius 2 is 2.05 bits per heavy atom. The molecular weight excluding hydrogens is 367 g/mol. The van der Waals surface area contributed by atoms with Crippen molar-refractivity contribution < 1.29 is 0 Å². The Labute approximate surface area is 129 Å². The predicted molar refractivity (Wildman–Crippen MR) is 89.4 cm³/mol. The van der Waals surface area contributed by atoms with E-state index in [9.17, 15) is 0 Å². The van der Waals surface area contributed by atoms with Gasteiger partial charge in [-0.25, -0.2) is 0 Å². The summed E-state index contributed by atoms with van der Waals surface area (Å²) in [6, 6.07) is 14.5. The van der Waals surface area contributed by atoms with Crippen LogP contribution in [-0.2, 0) is 6.42 Å². The minimum Gasteiger partial charge on any atom is -0.324 e. The van der Waals surface area contributed by atoms with E-state index in [4.69, 9.17) is 5.73 Å². The van der Waals surface area contributed by atoms with Gasteiger partial charge >= 0.3 is 0 Å². The van der Waals surface area contributed by atoms with E-state index in [0.29, 0.717) is 0 Å². The van der Waals surface area contributed by atoms with Crippen molar-refractivity contribution >= 4 is 44.8 Å². The third-order valence-corrected chi connectivity index (χ3v) is 4.91. The summed E-state index contributed by atoms with van der Waals surface area (Å²) in [5.74, 6) is 0. The first-order valence-corrected chi connectivity index (χ1v) is 8.02. The van der Waals surface area contributed by atoms with E-state index >= 15 is 0 Å². The first kappa shape index (κ1) is 13.0. The van der Waals surface area contributed by atoms with Gasteiger partial charge in [0.15, 0.2) is 0 Å². The van der Waals surface area contributed by atoms with E-state index in [1.54, 1.807) is 11.3 Å². The molecule has 3 rings (SSSR count). The fraction of sp³-hybridized carbons (Fsp3) is 0.133. The van der Waals surface area contributed by atoms with E-state index in [1.807, 2.05) is 18.2 Å². The molecule has 0 aliphatic carbocycles. The van der Waals surface area contributed by atoms with E-state index in [-0.39, 0.29) is 6.04 Å². The van der Waals surface area contributed by atoms with Crippen molar-refractivity contribution in [2.45, 2.75) is 12.5 Å². The number of rotatable bonds is 3. The fourth-order valence-corrected chi connectivity index (χ4v) is 3.52. The maximum absolute atomic E-state index is 6.25. The van der Waals surface area contributed by atoms with Gasteiger partial charge in [-0.15, -0.1) is 11.3 Å². The monoisotopic (exact) mass is 380 g/mol. The van der Waals surface area contributed by atoms with Gasteiger partial charge in [0, 0.05) is 23.5 Å². The van der Waals surface area contributed by atoms with Crippen LogP contribution in [0.1, 0.15) is 17.3 Å². The summed E-state index contributed by atoms with van der Waals surface area (Å²) in [5.41, 5.74) is 9.53. The number of aromatic nitrogens is 1. The average molecular weight is 380 g/mol. The molecule has 0 spiro atoms. The van der Waals surface area contributed by atoms with E-state index in [1.165, 1.54) is 13.8 Å². The van der Waals surface area contributed by atoms with Gasteiger partial charge in [0.25, 0.3) is 0 Å². The summed E-state index contributed by atoms with van der Waals surface area (Å²) in [5, 5.41) is 3.30. The number of halogens is 1. The highest BCUT2D eigenvalue weighted by Gasteiger charge is 2.10. The van der Waals surface area contributed by atoms with Crippen LogP contribution in [0.4, 0.5) is 0 Å². The van der Waals surface area contributed by atoms with Crippen molar-refractivity contribution in [2.24, 2.45) is 5.73 Å². The summed E-state index contributed by atoms with van der Waals surface area (Å²) < 4.78 is 1.27. The molecule has 0 aliphatic rings. The van der Waals surface area contributed by atoms with Crippen LogP contribution in [0.2, 0.25) is 0 Å². The Bertz CT molecular complexity index is 708. The van der Waals surface area contributed by atoms with Gasteiger partial charge < -0.3 is 5.73 Å². The molecule has 0 saturated heterocycles. The number of hydrogen-bond donors (Lipinski definition) is 1. The van der Waals surface area contributed by atoms with Crippen molar-refractivity contribution in [2.75, 3.05) is 0 Å². The topological polar surface area (TPSA) is 38.9 Å². The van der Waals surface area contributed by atoms with Gasteiger partial charge in [0.2, 0.25) is 0 Å². The number of nitrogens with zero attached hydrogens (tertiary/aromatic N) is 1. The Kier molecular flexibility index (Phi) is 3.81. The van der Waals surface area contributed by atoms with Crippen LogP contribution in [-0.4, -0.2) is 4.98 Å². The van der Waals surface area contributed by atoms with Crippen LogP contribution < -0.4 is 5.73 Å². The zero-order chi connectivity index (χ0) is 13.2. The maximum atomic E-state index is 6.25. The van der Waals surface area contributed by atoms with E-state index < -0.39 is 0 Å². The zero-order valence-electron chi connectivity index (χ0n) is 10.2. The van der Waals surface area contributed by atoms with Gasteiger partial charge in [-0.1, -0.05) is 24.3 Å². The fourth-order valence-electron chi connectivity index (χ4n) is 2.08. The quantitative estimate of drug-likeness (QED) is 0.694. The van der Waals surface area contributed by atoms with Crippen LogP contribution in [0.3, 0.4) is 0 Å². The molecule has 2 N–H and O–H groups in total. The second kappa shape index (κ2) is 5.56. The van der Waals surface area contributed by atoms with Gasteiger partial charge in [0.1, 0.15) is 0 Å². The largest absolute Gasteiger partial charge is 0.324 e. The SMILES string of the molecule is NC(Cc1ccc2ccccc2n1)c1csc(I)c1. The molecule has 1 unspecified atom stereocenters. The van der Waals surface area contributed by atoms with Gasteiger partial charge in [-0.3, -0.25) is 4.98 Å². The van der Waals surface area contributed by atoms with Crippen LogP contribution >= 0.6 is 33.9 Å². The van der Waals surface area contributed by atoms with Gasteiger partial charge in [0.05, 0.1) is 8.40 Å². The zero-order valence-corrected chi connectivity index (χ0v) is 13.2. The molecule has 2 nitrogen and oxygen atoms in total. The van der Waals surface area contributed by atoms with Gasteiger partial charge in [-0.2, -0.15) is 0 Å². The van der Waals surface area contributed by atoms with Crippen LogP contribution in [0.5, 0.6) is 0 Å². The summed E-state index contributed by atoms with van der Waals surface area (Å²) >= 11 is 4.06. The highest BCUT2D eigenvalue weighted by molar-refractivity contribution is 14.1. The molecule has 0 aliphatic heterocycles. The molecule has 4 heteroatoms. The molecule has 0 fully saturated rings. The molecule has 19 heavy (non-hydrogen) atoms. The molecule has 2 heterocycles. The highest BCUT2D eigenvalue weighted by atomic mass is 127. The lowest BCUT2D eigenvalue weighted by Gasteiger charge is -2.10. The summed E-state index contributed by atoms with van der Waals surface area (Å²) in [7, 11) is 0. The molecule has 0 saturated carbocycles. The number of para-hydroxylation sites is 1. The summed E-state index contributed by atoms with van der Waals surface area (Å²) in [6.45, 7) is 0. The van der Waals surface area contributed by atoms with Crippen molar-refractivity contribution in [3.63, 3.8) is 0 Å². The number of nitrogens with two attached hydrogens (primary N) is 1. The summed E-state index contributed by atoms with van der Waals surface area (Å²) in [6.07, 6.45) is 0.775. The first-order valence-electron chi connectivity index (χ1n) is 6.06. The lowest BCUT2D eigenvalue weighted by atomic mass is 10.1. The van der Waals surface area contributed by atoms with Crippen molar-refractivity contribution in [3.8, 4) is 0 Å². The maximum Gasteiger partial charge on any atom is 0.0705 e. The predicted octanol–water partition coefficient (Wildman–Crippen LogP) is 4.14. The third kappa shape index (κ3) is 2.96. The number of hydrogen-bond acceptors (Lipinski definition) is 3. The Morgan fingerprint density at radius 1 is 1.21 bits per heavy atom. The number of benzene rings is 1. The number of pyridine rings is 1. The van der Waals surface area contributed by atoms with Crippen LogP contribution in [0.25, 0.3) is 10.9 Å². The molecule has 0 radical (unpaired) electrons. The second-order valence-corrected chi connectivity index (χ2v) is 7.30. The van der Waals surface area contributed by atoms with E-state index in [2.05, 4.69) is 57.2 Å². The minimum atomic E-state index is 0.0217. The van der Waals surface area contributed by atoms with E-state index in [0.717, 1.165) is 17.6 Å². The first-order chi connectivity index (χ1) is 9.22. The number of thiophene rings is 1. The lowest BCUT2D eigenvalue weighted by Crippen LogP contribution is -2.13. The van der Waals surface area contributed by atoms with Crippen molar-refractivity contribution in [3.05, 3.63) is 62.0 Å². The second-order valence-electron chi connectivity index (χ2n) is 4.49. The van der Waals surface area contributed by atoms with Crippen molar-refractivity contribution in [1.29, 1.82) is 0 Å². The summed E-state index contributed by atoms with van der Waals surface area (Å²) in [4.78, 5) is 4.67. The normalized spacial score (nSPS) is 12.7. The molecule has 1 aromatic carbocycles. The smallest absolute Gasteiger partial charge is 0.0705 e. The Balaban J connectivity index is 1.84. The van der Waals surface area contributed by atoms with Crippen molar-refractivity contribution in [1.82, 2.24) is 4.98 Å². The Morgan fingerprint density at radius 3 is 2.84 bits per heavy atom. The molecule has 0 bridgehead atoms. The van der Waals surface area contributed by atoms with Crippen LogP contribution in [0.15, 0.2) is 47.8 Å². The molecule has 2 aromatic heterocycles. The van der Waals surface area contributed by atoms with Gasteiger partial charge in [-0.05, 0) is 51.7 Å². The highest BCUT2D eigenvalue weighted by Crippen LogP contribution is 2.23. The lowest BCUT2D eigenvalue weighted by molar-refractivity contribution is 0.711. The van der Waals surface area contributed by atoms with Crippen LogP contribution in [0, 0.1) is 2.88 Å². The number of fused-ring (bicyclic) bond motifs is 1. The molecule has 3 aromatic rings. The Hall–Kier alpha value is -0.980. The standard InChI is InChI=1S/C15H13IN2S/c16-15-7-11(9-19-15)13(17)8-12-6-5-10-3-1-2-4-14(10)18-12/h1-7,9,13H,8,17H2. The third-order valence-electron chi connectivity index (χ3n) is 3.10. The molecule has 0 amide bonds. The average Bonchev–Trinajstić information content (AvgIpc) is 2.85.